The average molecular weight is 261 g/mol. The van der Waals surface area contributed by atoms with Crippen molar-refractivity contribution in [3.8, 4) is 0 Å². The summed E-state index contributed by atoms with van der Waals surface area (Å²) in [7, 11) is 0. The molecule has 0 atom stereocenters. The van der Waals surface area contributed by atoms with E-state index in [0.717, 1.165) is 0 Å². The van der Waals surface area contributed by atoms with Crippen molar-refractivity contribution >= 4 is 23.4 Å². The van der Waals surface area contributed by atoms with Crippen molar-refractivity contribution in [3.05, 3.63) is 46.7 Å². The Morgan fingerprint density at radius 1 is 1.33 bits per heavy atom. The molecular weight excluding hydrogens is 251 g/mol. The number of halogens is 1. The number of carbonyl (C=O) groups excluding carboxylic acids is 2. The van der Waals surface area contributed by atoms with Gasteiger partial charge in [0.15, 0.2) is 5.78 Å². The molecule has 0 amide bonds. The van der Waals surface area contributed by atoms with Crippen molar-refractivity contribution in [3.63, 3.8) is 0 Å². The second-order valence-electron chi connectivity index (χ2n) is 3.10. The monoisotopic (exact) mass is 260 g/mol. The smallest absolute Gasteiger partial charge is 0.867 e. The van der Waals surface area contributed by atoms with Crippen LogP contribution in [0.2, 0.25) is 5.02 Å². The van der Waals surface area contributed by atoms with Crippen LogP contribution in [0.15, 0.2) is 36.1 Å². The van der Waals surface area contributed by atoms with Crippen LogP contribution in [0.5, 0.6) is 0 Å². The van der Waals surface area contributed by atoms with Crippen LogP contribution in [0, 0.1) is 0 Å². The van der Waals surface area contributed by atoms with Crippen LogP contribution in [-0.2, 0) is 9.53 Å². The Morgan fingerprint density at radius 2 is 1.89 bits per heavy atom. The number of ether oxygens (including phenoxy) is 1. The molecule has 18 heavy (non-hydrogen) atoms. The largest absolute Gasteiger partial charge is 1.00 e. The molecule has 0 spiro atoms. The second-order valence-corrected chi connectivity index (χ2v) is 3.54. The van der Waals surface area contributed by atoms with Crippen LogP contribution in [-0.4, -0.2) is 18.4 Å². The summed E-state index contributed by atoms with van der Waals surface area (Å²) in [5.74, 6) is -2.55. The first-order chi connectivity index (χ1) is 8.04. The number of hydrogen-bond donors (Lipinski definition) is 0. The third kappa shape index (κ3) is 4.97. The van der Waals surface area contributed by atoms with Gasteiger partial charge in [-0.3, -0.25) is 4.79 Å². The summed E-state index contributed by atoms with van der Waals surface area (Å²) in [6.45, 7) is 1.67. The van der Waals surface area contributed by atoms with Crippen molar-refractivity contribution < 1.29 is 38.3 Å². The van der Waals surface area contributed by atoms with Crippen molar-refractivity contribution in [2.45, 2.75) is 6.92 Å². The van der Waals surface area contributed by atoms with Gasteiger partial charge in [0.1, 0.15) is 0 Å². The fourth-order valence-corrected chi connectivity index (χ4v) is 1.20. The van der Waals surface area contributed by atoms with Gasteiger partial charge in [0.25, 0.3) is 0 Å². The second kappa shape index (κ2) is 7.99. The van der Waals surface area contributed by atoms with E-state index in [1.54, 1.807) is 6.92 Å². The number of benzene rings is 1. The van der Waals surface area contributed by atoms with E-state index in [4.69, 9.17) is 11.6 Å². The fourth-order valence-electron chi connectivity index (χ4n) is 1.08. The minimum atomic E-state index is -1.03. The molecule has 1 aromatic carbocycles. The van der Waals surface area contributed by atoms with Crippen molar-refractivity contribution in [1.82, 2.24) is 0 Å². The Kier molecular flexibility index (Phi) is 7.45. The first-order valence-electron chi connectivity index (χ1n) is 4.90. The van der Waals surface area contributed by atoms with E-state index in [1.165, 1.54) is 24.3 Å². The predicted molar refractivity (Wildman–Crippen MR) is 60.5 cm³/mol. The molecule has 0 aliphatic heterocycles. The van der Waals surface area contributed by atoms with E-state index in [0.29, 0.717) is 11.1 Å². The molecule has 0 saturated carbocycles. The molecule has 0 radical (unpaired) electrons. The molecule has 0 heterocycles. The maximum Gasteiger partial charge on any atom is 1.00 e. The van der Waals surface area contributed by atoms with Crippen molar-refractivity contribution in [2.75, 3.05) is 6.61 Å². The summed E-state index contributed by atoms with van der Waals surface area (Å²) in [6.07, 6.45) is 0.710. The normalized spacial score (nSPS) is 10.4. The molecule has 0 N–H and O–H groups in total. The van der Waals surface area contributed by atoms with Crippen LogP contribution >= 0.6 is 11.6 Å². The zero-order chi connectivity index (χ0) is 12.8. The number of hydrogen-bond acceptors (Lipinski definition) is 4. The molecule has 90 valence electrons. The summed E-state index contributed by atoms with van der Waals surface area (Å²) >= 11 is 5.65. The molecule has 0 aliphatic rings. The van der Waals surface area contributed by atoms with Gasteiger partial charge in [-0.2, -0.15) is 0 Å². The van der Waals surface area contributed by atoms with E-state index < -0.39 is 17.5 Å². The van der Waals surface area contributed by atoms with Crippen molar-refractivity contribution in [1.29, 1.82) is 0 Å². The van der Waals surface area contributed by atoms with Gasteiger partial charge in [-0.25, -0.2) is 4.79 Å². The first kappa shape index (κ1) is 16.8. The van der Waals surface area contributed by atoms with E-state index in [-0.39, 0.29) is 31.0 Å². The topological polar surface area (TPSA) is 66.4 Å². The van der Waals surface area contributed by atoms with Crippen molar-refractivity contribution in [2.24, 2.45) is 0 Å². The molecule has 4 nitrogen and oxygen atoms in total. The van der Waals surface area contributed by atoms with Gasteiger partial charge >= 0.3 is 24.8 Å². The molecule has 0 aromatic heterocycles. The quantitative estimate of drug-likeness (QED) is 0.214. The third-order valence-corrected chi connectivity index (χ3v) is 2.12. The summed E-state index contributed by atoms with van der Waals surface area (Å²) in [5, 5.41) is 11.7. The maximum absolute atomic E-state index is 11.5. The van der Waals surface area contributed by atoms with Crippen LogP contribution < -0.4 is 24.0 Å². The molecule has 0 aliphatic carbocycles. The minimum absolute atomic E-state index is 0. The van der Waals surface area contributed by atoms with Crippen LogP contribution in [0.1, 0.15) is 17.3 Å². The van der Waals surface area contributed by atoms with Crippen LogP contribution in [0.4, 0.5) is 0 Å². The molecular formula is C12H10ClLiO4. The Hall–Kier alpha value is -1.21. The molecule has 0 unspecified atom stereocenters. The SMILES string of the molecule is CCOC(=O)C([O-])=CC(=O)c1ccc(Cl)cc1.[Li+]. The van der Waals surface area contributed by atoms with Gasteiger partial charge in [-0.1, -0.05) is 11.6 Å². The minimum Gasteiger partial charge on any atom is -0.867 e. The maximum atomic E-state index is 11.5. The van der Waals surface area contributed by atoms with Gasteiger partial charge in [0.05, 0.1) is 6.61 Å². The summed E-state index contributed by atoms with van der Waals surface area (Å²) in [6, 6.07) is 5.99. The standard InChI is InChI=1S/C12H11ClO4.Li/c1-2-17-12(16)11(15)7-10(14)8-3-5-9(13)6-4-8;/h3-7,15H,2H2,1H3;/q;+1/p-1. The Labute approximate surface area is 122 Å². The van der Waals surface area contributed by atoms with Gasteiger partial charge in [-0.15, -0.1) is 0 Å². The summed E-state index contributed by atoms with van der Waals surface area (Å²) in [5.41, 5.74) is 0.284. The molecule has 0 bridgehead atoms. The molecule has 1 aromatic rings. The van der Waals surface area contributed by atoms with Crippen LogP contribution in [0.25, 0.3) is 0 Å². The molecule has 0 saturated heterocycles. The third-order valence-electron chi connectivity index (χ3n) is 1.87. The zero-order valence-corrected chi connectivity index (χ0v) is 10.9. The number of allylic oxidation sites excluding steroid dienone is 1. The summed E-state index contributed by atoms with van der Waals surface area (Å²) < 4.78 is 4.47. The van der Waals surface area contributed by atoms with Crippen LogP contribution in [0.3, 0.4) is 0 Å². The Bertz CT molecular complexity index is 454. The van der Waals surface area contributed by atoms with Gasteiger partial charge in [-0.05, 0) is 43.0 Å². The number of carbonyl (C=O) groups is 2. The van der Waals surface area contributed by atoms with E-state index in [2.05, 4.69) is 4.74 Å². The van der Waals surface area contributed by atoms with Gasteiger partial charge in [0, 0.05) is 10.6 Å². The van der Waals surface area contributed by atoms with Gasteiger partial charge in [0.2, 0.25) is 0 Å². The van der Waals surface area contributed by atoms with E-state index in [9.17, 15) is 14.7 Å². The molecule has 1 rings (SSSR count). The number of rotatable bonds is 4. The predicted octanol–water partition coefficient (Wildman–Crippen LogP) is -1.67. The molecule has 6 heteroatoms. The summed E-state index contributed by atoms with van der Waals surface area (Å²) in [4.78, 5) is 22.5. The number of ketones is 1. The average Bonchev–Trinajstić information content (AvgIpc) is 2.30. The van der Waals surface area contributed by atoms with Gasteiger partial charge < -0.3 is 9.84 Å². The fraction of sp³-hybridized carbons (Fsp3) is 0.167. The first-order valence-corrected chi connectivity index (χ1v) is 5.28. The number of esters is 1. The Morgan fingerprint density at radius 3 is 2.39 bits per heavy atom. The molecule has 0 fully saturated rings. The van der Waals surface area contributed by atoms with E-state index >= 15 is 0 Å². The van der Waals surface area contributed by atoms with E-state index in [1.807, 2.05) is 0 Å². The zero-order valence-electron chi connectivity index (χ0n) is 10.1. The Balaban J connectivity index is 0.00000289.